The van der Waals surface area contributed by atoms with Gasteiger partial charge in [0.25, 0.3) is 0 Å². The fourth-order valence-electron chi connectivity index (χ4n) is 5.47. The summed E-state index contributed by atoms with van der Waals surface area (Å²) < 4.78 is 9.07. The van der Waals surface area contributed by atoms with Gasteiger partial charge in [0.05, 0.1) is 5.52 Å². The lowest BCUT2D eigenvalue weighted by atomic mass is 10.0. The van der Waals surface area contributed by atoms with Gasteiger partial charge < -0.3 is 14.5 Å². The smallest absolute Gasteiger partial charge is 0.330 e. The van der Waals surface area contributed by atoms with Gasteiger partial charge in [0, 0.05) is 62.6 Å². The van der Waals surface area contributed by atoms with Crippen LogP contribution in [-0.2, 0) is 11.8 Å². The van der Waals surface area contributed by atoms with E-state index in [1.165, 1.54) is 0 Å². The second kappa shape index (κ2) is 8.73. The number of benzene rings is 1. The molecule has 9 heteroatoms. The first-order chi connectivity index (χ1) is 17.0. The van der Waals surface area contributed by atoms with E-state index in [0.717, 1.165) is 65.7 Å². The van der Waals surface area contributed by atoms with Gasteiger partial charge >= 0.3 is 5.69 Å². The van der Waals surface area contributed by atoms with Crippen molar-refractivity contribution < 1.29 is 4.74 Å². The third-order valence-corrected chi connectivity index (χ3v) is 7.62. The lowest BCUT2D eigenvalue weighted by molar-refractivity contribution is 0.0697. The summed E-state index contributed by atoms with van der Waals surface area (Å²) in [7, 11) is 6.05. The Labute approximate surface area is 203 Å². The van der Waals surface area contributed by atoms with Crippen LogP contribution in [0.25, 0.3) is 33.2 Å². The maximum absolute atomic E-state index is 13.2. The lowest BCUT2D eigenvalue weighted by Gasteiger charge is -2.23. The highest BCUT2D eigenvalue weighted by Crippen LogP contribution is 2.31. The average Bonchev–Trinajstić information content (AvgIpc) is 3.48. The quantitative estimate of drug-likeness (QED) is 0.451. The summed E-state index contributed by atoms with van der Waals surface area (Å²) in [6.45, 7) is 3.36. The van der Waals surface area contributed by atoms with Crippen LogP contribution in [0.5, 0.6) is 0 Å². The highest BCUT2D eigenvalue weighted by atomic mass is 16.5. The number of hydrogen-bond donors (Lipinski definition) is 0. The Bertz CT molecular complexity index is 1430. The van der Waals surface area contributed by atoms with E-state index in [4.69, 9.17) is 9.72 Å². The molecule has 2 fully saturated rings. The van der Waals surface area contributed by atoms with Crippen molar-refractivity contribution in [2.45, 2.75) is 31.3 Å². The molecular weight excluding hydrogens is 442 g/mol. The van der Waals surface area contributed by atoms with Crippen LogP contribution in [0.3, 0.4) is 0 Å². The zero-order valence-electron chi connectivity index (χ0n) is 20.5. The molecule has 182 valence electrons. The van der Waals surface area contributed by atoms with Crippen LogP contribution in [0.1, 0.15) is 25.3 Å². The van der Waals surface area contributed by atoms with E-state index in [1.807, 2.05) is 16.8 Å². The maximum atomic E-state index is 13.2. The fourth-order valence-corrected chi connectivity index (χ4v) is 5.47. The van der Waals surface area contributed by atoms with Gasteiger partial charge in [0.15, 0.2) is 5.65 Å². The van der Waals surface area contributed by atoms with E-state index in [1.54, 1.807) is 11.6 Å². The molecule has 0 saturated carbocycles. The SMILES string of the molecule is CN(C)[C@H]1CCN(c2ccc(-c3ccc4nnc5c(c4c3)n(C3CCOCC3)c(=O)n5C)cn2)C1. The number of anilines is 1. The van der Waals surface area contributed by atoms with E-state index >= 15 is 0 Å². The number of imidazole rings is 1. The van der Waals surface area contributed by atoms with Crippen LogP contribution in [0.15, 0.2) is 41.3 Å². The van der Waals surface area contributed by atoms with Crippen molar-refractivity contribution in [3.8, 4) is 11.1 Å². The normalized spacial score (nSPS) is 19.4. The molecule has 0 N–H and O–H groups in total. The van der Waals surface area contributed by atoms with Crippen molar-refractivity contribution in [2.75, 3.05) is 45.3 Å². The van der Waals surface area contributed by atoms with Crippen molar-refractivity contribution in [1.82, 2.24) is 29.2 Å². The molecule has 2 saturated heterocycles. The molecule has 4 aromatic rings. The Morgan fingerprint density at radius 2 is 1.83 bits per heavy atom. The van der Waals surface area contributed by atoms with Crippen molar-refractivity contribution in [2.24, 2.45) is 7.05 Å². The fraction of sp³-hybridized carbons (Fsp3) is 0.462. The first-order valence-electron chi connectivity index (χ1n) is 12.3. The zero-order chi connectivity index (χ0) is 24.1. The molecule has 2 aliphatic rings. The lowest BCUT2D eigenvalue weighted by Crippen LogP contribution is -2.31. The minimum absolute atomic E-state index is 0.0493. The van der Waals surface area contributed by atoms with Crippen molar-refractivity contribution in [3.63, 3.8) is 0 Å². The molecule has 35 heavy (non-hydrogen) atoms. The van der Waals surface area contributed by atoms with Crippen molar-refractivity contribution >= 4 is 27.9 Å². The number of pyridine rings is 1. The molecule has 0 aliphatic carbocycles. The second-order valence-electron chi connectivity index (χ2n) is 9.92. The Morgan fingerprint density at radius 3 is 2.54 bits per heavy atom. The monoisotopic (exact) mass is 473 g/mol. The van der Waals surface area contributed by atoms with Gasteiger partial charge in [-0.3, -0.25) is 9.13 Å². The molecule has 0 bridgehead atoms. The van der Waals surface area contributed by atoms with Gasteiger partial charge in [-0.1, -0.05) is 6.07 Å². The molecular formula is C26H31N7O2. The van der Waals surface area contributed by atoms with Crippen LogP contribution in [0.4, 0.5) is 5.82 Å². The number of ether oxygens (including phenoxy) is 1. The Morgan fingerprint density at radius 1 is 1.03 bits per heavy atom. The van der Waals surface area contributed by atoms with E-state index in [0.29, 0.717) is 24.9 Å². The van der Waals surface area contributed by atoms with Gasteiger partial charge in [-0.2, -0.15) is 0 Å². The minimum atomic E-state index is -0.0493. The van der Waals surface area contributed by atoms with E-state index in [2.05, 4.69) is 58.4 Å². The largest absolute Gasteiger partial charge is 0.381 e. The van der Waals surface area contributed by atoms with Gasteiger partial charge in [-0.15, -0.1) is 10.2 Å². The van der Waals surface area contributed by atoms with Crippen LogP contribution >= 0.6 is 0 Å². The van der Waals surface area contributed by atoms with Crippen molar-refractivity contribution in [3.05, 3.63) is 47.0 Å². The molecule has 5 heterocycles. The van der Waals surface area contributed by atoms with Gasteiger partial charge in [-0.05, 0) is 63.2 Å². The van der Waals surface area contributed by atoms with E-state index in [9.17, 15) is 4.79 Å². The summed E-state index contributed by atoms with van der Waals surface area (Å²) in [5.74, 6) is 1.02. The molecule has 9 nitrogen and oxygen atoms in total. The predicted octanol–water partition coefficient (Wildman–Crippen LogP) is 2.84. The molecule has 0 spiro atoms. The minimum Gasteiger partial charge on any atom is -0.381 e. The number of nitrogens with zero attached hydrogens (tertiary/aromatic N) is 7. The van der Waals surface area contributed by atoms with Crippen LogP contribution in [-0.4, -0.2) is 75.7 Å². The molecule has 0 amide bonds. The van der Waals surface area contributed by atoms with Crippen LogP contribution < -0.4 is 10.6 Å². The number of aryl methyl sites for hydroxylation is 1. The molecule has 6 rings (SSSR count). The number of hydrogen-bond acceptors (Lipinski definition) is 7. The molecule has 0 radical (unpaired) electrons. The molecule has 1 atom stereocenters. The van der Waals surface area contributed by atoms with Crippen molar-refractivity contribution in [1.29, 1.82) is 0 Å². The number of likely N-dealkylation sites (N-methyl/N-ethyl adjacent to an activating group) is 1. The highest BCUT2D eigenvalue weighted by molar-refractivity contribution is 6.02. The van der Waals surface area contributed by atoms with Crippen LogP contribution in [0.2, 0.25) is 0 Å². The summed E-state index contributed by atoms with van der Waals surface area (Å²) in [6, 6.07) is 11.1. The van der Waals surface area contributed by atoms with E-state index < -0.39 is 0 Å². The summed E-state index contributed by atoms with van der Waals surface area (Å²) in [6.07, 6.45) is 4.74. The summed E-state index contributed by atoms with van der Waals surface area (Å²) in [5, 5.41) is 9.76. The summed E-state index contributed by atoms with van der Waals surface area (Å²) >= 11 is 0. The summed E-state index contributed by atoms with van der Waals surface area (Å²) in [4.78, 5) is 22.6. The van der Waals surface area contributed by atoms with Gasteiger partial charge in [0.1, 0.15) is 11.3 Å². The first kappa shape index (κ1) is 22.2. The Kier molecular flexibility index (Phi) is 5.53. The van der Waals surface area contributed by atoms with E-state index in [-0.39, 0.29) is 11.7 Å². The third kappa shape index (κ3) is 3.79. The topological polar surface area (TPSA) is 81.3 Å². The highest BCUT2D eigenvalue weighted by Gasteiger charge is 2.26. The zero-order valence-corrected chi connectivity index (χ0v) is 20.5. The maximum Gasteiger partial charge on any atom is 0.330 e. The number of aromatic nitrogens is 5. The average molecular weight is 474 g/mol. The Hall–Kier alpha value is -3.30. The number of fused-ring (bicyclic) bond motifs is 3. The second-order valence-corrected chi connectivity index (χ2v) is 9.92. The predicted molar refractivity (Wildman–Crippen MR) is 137 cm³/mol. The third-order valence-electron chi connectivity index (χ3n) is 7.62. The molecule has 3 aromatic heterocycles. The first-order valence-corrected chi connectivity index (χ1v) is 12.3. The number of rotatable bonds is 4. The molecule has 1 aromatic carbocycles. The standard InChI is InChI=1S/C26H31N7O2/c1-30(2)20-8-11-32(16-20)23-7-5-18(15-27-23)17-4-6-22-21(14-17)24-25(29-28-22)31(3)26(34)33(24)19-9-12-35-13-10-19/h4-7,14-15,19-20H,8-13,16H2,1-3H3/t20-/m0/s1. The van der Waals surface area contributed by atoms with Gasteiger partial charge in [0.2, 0.25) is 0 Å². The molecule has 0 unspecified atom stereocenters. The van der Waals surface area contributed by atoms with Gasteiger partial charge in [-0.25, -0.2) is 9.78 Å². The summed E-state index contributed by atoms with van der Waals surface area (Å²) in [5.41, 5.74) is 4.29. The Balaban J connectivity index is 1.40. The molecule has 2 aliphatic heterocycles. The van der Waals surface area contributed by atoms with Crippen LogP contribution in [0, 0.1) is 0 Å².